The van der Waals surface area contributed by atoms with Crippen LogP contribution in [0.1, 0.15) is 29.9 Å². The molecule has 1 aromatic carbocycles. The van der Waals surface area contributed by atoms with Gasteiger partial charge < -0.3 is 10.3 Å². The van der Waals surface area contributed by atoms with Crippen LogP contribution in [0.2, 0.25) is 0 Å². The van der Waals surface area contributed by atoms with Gasteiger partial charge in [0.1, 0.15) is 11.5 Å². The molecule has 3 N–H and O–H groups in total. The number of halogens is 1. The number of amides is 1. The maximum absolute atomic E-state index is 15.1. The number of anilines is 1. The van der Waals surface area contributed by atoms with Crippen LogP contribution in [-0.4, -0.2) is 41.8 Å². The van der Waals surface area contributed by atoms with Gasteiger partial charge in [-0.1, -0.05) is 6.92 Å². The van der Waals surface area contributed by atoms with E-state index in [1.165, 1.54) is 23.6 Å². The Morgan fingerprint density at radius 1 is 1.11 bits per heavy atom. The summed E-state index contributed by atoms with van der Waals surface area (Å²) in [6, 6.07) is 10.3. The molecule has 0 fully saturated rings. The SMILES string of the molecule is CCC(=O)Nc1cncc(-c2cc3c(-c4nc5nccc(-c6ccc(C(C)=O)s6)c5[nH]4)n[nH]c3cc2F)c1. The minimum absolute atomic E-state index is 0.0105. The molecule has 6 rings (SSSR count). The number of fused-ring (bicyclic) bond motifs is 2. The molecule has 0 aliphatic rings. The summed E-state index contributed by atoms with van der Waals surface area (Å²) in [5.74, 6) is -0.138. The summed E-state index contributed by atoms with van der Waals surface area (Å²) in [6.45, 7) is 3.29. The van der Waals surface area contributed by atoms with E-state index in [0.717, 1.165) is 10.4 Å². The van der Waals surface area contributed by atoms with Crippen LogP contribution in [0.15, 0.2) is 55.0 Å². The second-order valence-corrected chi connectivity index (χ2v) is 9.76. The van der Waals surface area contributed by atoms with Crippen molar-refractivity contribution in [2.45, 2.75) is 20.3 Å². The lowest BCUT2D eigenvalue weighted by Gasteiger charge is -2.08. The molecule has 9 nitrogen and oxygen atoms in total. The summed E-state index contributed by atoms with van der Waals surface area (Å²) in [4.78, 5) is 41.7. The molecule has 38 heavy (non-hydrogen) atoms. The summed E-state index contributed by atoms with van der Waals surface area (Å²) in [6.07, 6.45) is 5.05. The van der Waals surface area contributed by atoms with Gasteiger partial charge in [-0.2, -0.15) is 5.10 Å². The number of ketones is 1. The first-order chi connectivity index (χ1) is 18.4. The number of H-pyrrole nitrogens is 2. The van der Waals surface area contributed by atoms with Crippen molar-refractivity contribution in [3.8, 4) is 33.1 Å². The summed E-state index contributed by atoms with van der Waals surface area (Å²) in [7, 11) is 0. The van der Waals surface area contributed by atoms with E-state index in [2.05, 4.69) is 35.5 Å². The Morgan fingerprint density at radius 3 is 2.76 bits per heavy atom. The number of nitrogens with zero attached hydrogens (tertiary/aromatic N) is 4. The highest BCUT2D eigenvalue weighted by molar-refractivity contribution is 7.17. The number of hydrogen-bond acceptors (Lipinski definition) is 7. The molecule has 0 saturated heterocycles. The summed E-state index contributed by atoms with van der Waals surface area (Å²) < 4.78 is 15.1. The molecule has 188 valence electrons. The third-order valence-electron chi connectivity index (χ3n) is 6.14. The van der Waals surface area contributed by atoms with Crippen molar-refractivity contribution >= 4 is 50.8 Å². The molecule has 5 heterocycles. The van der Waals surface area contributed by atoms with Gasteiger partial charge in [-0.3, -0.25) is 19.7 Å². The highest BCUT2D eigenvalue weighted by atomic mass is 32.1. The number of rotatable bonds is 6. The molecule has 0 bridgehead atoms. The topological polar surface area (TPSA) is 129 Å². The van der Waals surface area contributed by atoms with Gasteiger partial charge in [-0.15, -0.1) is 11.3 Å². The lowest BCUT2D eigenvalue weighted by atomic mass is 10.0. The molecule has 0 atom stereocenters. The fourth-order valence-corrected chi connectivity index (χ4v) is 5.18. The number of pyridine rings is 2. The second kappa shape index (κ2) is 9.27. The average Bonchev–Trinajstić information content (AvgIpc) is 3.65. The van der Waals surface area contributed by atoms with E-state index in [0.29, 0.717) is 61.7 Å². The average molecular weight is 526 g/mol. The predicted octanol–water partition coefficient (Wildman–Crippen LogP) is 5.98. The van der Waals surface area contributed by atoms with Crippen LogP contribution in [0, 0.1) is 5.82 Å². The quantitative estimate of drug-likeness (QED) is 0.229. The van der Waals surface area contributed by atoms with Crippen LogP contribution in [-0.2, 0) is 4.79 Å². The third kappa shape index (κ3) is 4.12. The van der Waals surface area contributed by atoms with Crippen LogP contribution >= 0.6 is 11.3 Å². The lowest BCUT2D eigenvalue weighted by molar-refractivity contribution is -0.115. The molecule has 0 spiro atoms. The number of Topliss-reactive ketones (excluding diaryl/α,β-unsaturated/α-hetero) is 1. The molecule has 0 unspecified atom stereocenters. The summed E-state index contributed by atoms with van der Waals surface area (Å²) >= 11 is 1.40. The molecule has 5 aromatic heterocycles. The number of nitrogens with one attached hydrogen (secondary N) is 3. The van der Waals surface area contributed by atoms with E-state index < -0.39 is 5.82 Å². The lowest BCUT2D eigenvalue weighted by Crippen LogP contribution is -2.09. The van der Waals surface area contributed by atoms with E-state index in [4.69, 9.17) is 0 Å². The fourth-order valence-electron chi connectivity index (χ4n) is 4.25. The van der Waals surface area contributed by atoms with E-state index in [9.17, 15) is 9.59 Å². The van der Waals surface area contributed by atoms with Crippen molar-refractivity contribution in [2.24, 2.45) is 0 Å². The number of carbonyl (C=O) groups excluding carboxylic acids is 2. The third-order valence-corrected chi connectivity index (χ3v) is 7.36. The van der Waals surface area contributed by atoms with Crippen LogP contribution in [0.3, 0.4) is 0 Å². The number of benzene rings is 1. The van der Waals surface area contributed by atoms with Crippen molar-refractivity contribution in [2.75, 3.05) is 5.32 Å². The molecule has 0 aliphatic carbocycles. The zero-order chi connectivity index (χ0) is 26.4. The number of imidazole rings is 1. The maximum Gasteiger partial charge on any atom is 0.224 e. The van der Waals surface area contributed by atoms with E-state index in [1.54, 1.807) is 44.4 Å². The zero-order valence-electron chi connectivity index (χ0n) is 20.3. The number of aromatic amines is 2. The normalized spacial score (nSPS) is 11.3. The number of thiophene rings is 1. The molecule has 1 amide bonds. The van der Waals surface area contributed by atoms with Gasteiger partial charge in [0, 0.05) is 51.8 Å². The highest BCUT2D eigenvalue weighted by Gasteiger charge is 2.19. The van der Waals surface area contributed by atoms with Gasteiger partial charge in [0.2, 0.25) is 5.91 Å². The standard InChI is InChI=1S/C27H20FN7O2S/c1-3-23(37)31-15-8-14(11-29-12-15)17-9-18-20(10-19(17)28)34-35-25(18)27-32-24-16(6-7-30-26(24)33-27)22-5-4-21(38-22)13(2)36/h4-12H,3H2,1-2H3,(H,31,37)(H,34,35)(H,30,32,33). The minimum atomic E-state index is -0.457. The van der Waals surface area contributed by atoms with Crippen LogP contribution in [0.4, 0.5) is 10.1 Å². The zero-order valence-corrected chi connectivity index (χ0v) is 21.1. The summed E-state index contributed by atoms with van der Waals surface area (Å²) in [5.41, 5.74) is 4.39. The Labute approximate surface area is 219 Å². The first kappa shape index (κ1) is 23.6. The van der Waals surface area contributed by atoms with Crippen molar-refractivity contribution < 1.29 is 14.0 Å². The Hall–Kier alpha value is -4.77. The summed E-state index contributed by atoms with van der Waals surface area (Å²) in [5, 5.41) is 10.7. The van der Waals surface area contributed by atoms with Gasteiger partial charge in [0.05, 0.1) is 27.8 Å². The molecule has 11 heteroatoms. The molecule has 6 aromatic rings. The molecular formula is C27H20FN7O2S. The van der Waals surface area contributed by atoms with E-state index >= 15 is 4.39 Å². The van der Waals surface area contributed by atoms with Crippen molar-refractivity contribution in [1.29, 1.82) is 0 Å². The van der Waals surface area contributed by atoms with Gasteiger partial charge in [0.15, 0.2) is 17.3 Å². The minimum Gasteiger partial charge on any atom is -0.335 e. The van der Waals surface area contributed by atoms with E-state index in [-0.39, 0.29) is 11.7 Å². The van der Waals surface area contributed by atoms with Crippen LogP contribution in [0.25, 0.3) is 55.2 Å². The molecule has 0 aliphatic heterocycles. The van der Waals surface area contributed by atoms with Crippen LogP contribution < -0.4 is 5.32 Å². The Bertz CT molecular complexity index is 1870. The second-order valence-electron chi connectivity index (χ2n) is 8.68. The number of carbonyl (C=O) groups is 2. The molecular weight excluding hydrogens is 505 g/mol. The van der Waals surface area contributed by atoms with Gasteiger partial charge in [-0.25, -0.2) is 14.4 Å². The predicted molar refractivity (Wildman–Crippen MR) is 144 cm³/mol. The first-order valence-electron chi connectivity index (χ1n) is 11.8. The van der Waals surface area contributed by atoms with Gasteiger partial charge in [0.25, 0.3) is 0 Å². The van der Waals surface area contributed by atoms with Gasteiger partial charge >= 0.3 is 0 Å². The Balaban J connectivity index is 1.44. The van der Waals surface area contributed by atoms with Crippen molar-refractivity contribution in [3.05, 3.63) is 65.7 Å². The maximum atomic E-state index is 15.1. The van der Waals surface area contributed by atoms with Crippen molar-refractivity contribution in [1.82, 2.24) is 30.1 Å². The Morgan fingerprint density at radius 2 is 1.97 bits per heavy atom. The van der Waals surface area contributed by atoms with Gasteiger partial charge in [-0.05, 0) is 37.3 Å². The molecule has 0 saturated carbocycles. The largest absolute Gasteiger partial charge is 0.335 e. The Kier molecular flexibility index (Phi) is 5.76. The smallest absolute Gasteiger partial charge is 0.224 e. The molecule has 0 radical (unpaired) electrons. The number of aromatic nitrogens is 6. The highest BCUT2D eigenvalue weighted by Crippen LogP contribution is 2.36. The first-order valence-corrected chi connectivity index (χ1v) is 12.6. The van der Waals surface area contributed by atoms with Crippen molar-refractivity contribution in [3.63, 3.8) is 0 Å². The fraction of sp³-hybridized carbons (Fsp3) is 0.111. The number of hydrogen-bond donors (Lipinski definition) is 3. The van der Waals surface area contributed by atoms with Crippen LogP contribution in [0.5, 0.6) is 0 Å². The van der Waals surface area contributed by atoms with E-state index in [1.807, 2.05) is 12.1 Å². The monoisotopic (exact) mass is 525 g/mol.